The van der Waals surface area contributed by atoms with Crippen LogP contribution in [0.1, 0.15) is 11.9 Å². The van der Waals surface area contributed by atoms with Gasteiger partial charge >= 0.3 is 0 Å². The molecule has 6 heteroatoms. The number of aromatic nitrogens is 3. The summed E-state index contributed by atoms with van der Waals surface area (Å²) in [5.74, 6) is 1.11. The molecule has 1 aromatic heterocycles. The molecule has 14 heavy (non-hydrogen) atoms. The Morgan fingerprint density at radius 1 is 1.43 bits per heavy atom. The number of ether oxygens (including phenoxy) is 2. The maximum absolute atomic E-state index is 5.73. The van der Waals surface area contributed by atoms with Crippen molar-refractivity contribution in [2.24, 2.45) is 0 Å². The fourth-order valence-corrected chi connectivity index (χ4v) is 1.62. The minimum atomic E-state index is 0.140. The SMILES string of the molecule is ClCc1nncn1C1COCCOC1. The molecule has 0 N–H and O–H groups in total. The highest BCUT2D eigenvalue weighted by atomic mass is 35.5. The van der Waals surface area contributed by atoms with E-state index in [9.17, 15) is 0 Å². The Balaban J connectivity index is 2.11. The summed E-state index contributed by atoms with van der Waals surface area (Å²) < 4.78 is 12.7. The van der Waals surface area contributed by atoms with Gasteiger partial charge in [-0.25, -0.2) is 0 Å². The molecule has 0 aliphatic carbocycles. The maximum atomic E-state index is 5.73. The molecule has 1 fully saturated rings. The number of hydrogen-bond acceptors (Lipinski definition) is 4. The molecule has 1 aliphatic rings. The van der Waals surface area contributed by atoms with Gasteiger partial charge in [0.25, 0.3) is 0 Å². The van der Waals surface area contributed by atoms with Gasteiger partial charge < -0.3 is 14.0 Å². The molecule has 5 nitrogen and oxygen atoms in total. The van der Waals surface area contributed by atoms with E-state index in [0.29, 0.717) is 32.3 Å². The summed E-state index contributed by atoms with van der Waals surface area (Å²) in [6.07, 6.45) is 1.67. The van der Waals surface area contributed by atoms with Gasteiger partial charge in [0.2, 0.25) is 0 Å². The summed E-state index contributed by atoms with van der Waals surface area (Å²) >= 11 is 5.73. The van der Waals surface area contributed by atoms with Crippen LogP contribution >= 0.6 is 11.6 Å². The van der Waals surface area contributed by atoms with Crippen molar-refractivity contribution in [3.8, 4) is 0 Å². The smallest absolute Gasteiger partial charge is 0.148 e. The van der Waals surface area contributed by atoms with Gasteiger partial charge in [-0.15, -0.1) is 21.8 Å². The number of halogens is 1. The molecular formula is C8H12ClN3O2. The van der Waals surface area contributed by atoms with Gasteiger partial charge in [-0.2, -0.15) is 0 Å². The second-order valence-corrected chi connectivity index (χ2v) is 3.36. The van der Waals surface area contributed by atoms with E-state index >= 15 is 0 Å². The fraction of sp³-hybridized carbons (Fsp3) is 0.750. The number of alkyl halides is 1. The molecule has 0 aromatic carbocycles. The monoisotopic (exact) mass is 217 g/mol. The second-order valence-electron chi connectivity index (χ2n) is 3.09. The summed E-state index contributed by atoms with van der Waals surface area (Å²) in [5, 5.41) is 7.73. The number of hydrogen-bond donors (Lipinski definition) is 0. The lowest BCUT2D eigenvalue weighted by Gasteiger charge is -2.15. The van der Waals surface area contributed by atoms with E-state index in [2.05, 4.69) is 10.2 Å². The topological polar surface area (TPSA) is 49.2 Å². The number of nitrogens with zero attached hydrogens (tertiary/aromatic N) is 3. The van der Waals surface area contributed by atoms with Crippen LogP contribution in [-0.2, 0) is 15.4 Å². The fourth-order valence-electron chi connectivity index (χ4n) is 1.43. The normalized spacial score (nSPS) is 19.5. The van der Waals surface area contributed by atoms with Gasteiger partial charge in [0.15, 0.2) is 0 Å². The molecule has 78 valence electrons. The molecule has 2 heterocycles. The predicted octanol–water partition coefficient (Wildman–Crippen LogP) is 0.605. The Hall–Kier alpha value is -0.650. The summed E-state index contributed by atoms with van der Waals surface area (Å²) in [6, 6.07) is 0.140. The highest BCUT2D eigenvalue weighted by molar-refractivity contribution is 6.16. The maximum Gasteiger partial charge on any atom is 0.148 e. The van der Waals surface area contributed by atoms with Gasteiger partial charge in [-0.3, -0.25) is 0 Å². The summed E-state index contributed by atoms with van der Waals surface area (Å²) in [4.78, 5) is 0. The van der Waals surface area contributed by atoms with Gasteiger partial charge in [0, 0.05) is 0 Å². The van der Waals surface area contributed by atoms with Crippen molar-refractivity contribution >= 4 is 11.6 Å². The summed E-state index contributed by atoms with van der Waals surface area (Å²) in [6.45, 7) is 2.55. The van der Waals surface area contributed by atoms with Crippen molar-refractivity contribution in [3.05, 3.63) is 12.2 Å². The first kappa shape index (κ1) is 9.89. The van der Waals surface area contributed by atoms with Crippen LogP contribution < -0.4 is 0 Å². The zero-order valence-electron chi connectivity index (χ0n) is 7.73. The lowest BCUT2D eigenvalue weighted by molar-refractivity contribution is 0.103. The third-order valence-corrected chi connectivity index (χ3v) is 2.39. The Bertz CT molecular complexity index is 284. The van der Waals surface area contributed by atoms with E-state index < -0.39 is 0 Å². The molecule has 2 rings (SSSR count). The molecule has 0 saturated carbocycles. The van der Waals surface area contributed by atoms with Gasteiger partial charge in [0.05, 0.1) is 38.3 Å². The van der Waals surface area contributed by atoms with E-state index in [1.165, 1.54) is 0 Å². The largest absolute Gasteiger partial charge is 0.377 e. The van der Waals surface area contributed by atoms with Crippen LogP contribution in [0.5, 0.6) is 0 Å². The lowest BCUT2D eigenvalue weighted by atomic mass is 10.3. The highest BCUT2D eigenvalue weighted by Gasteiger charge is 2.17. The van der Waals surface area contributed by atoms with Crippen LogP contribution in [-0.4, -0.2) is 41.2 Å². The van der Waals surface area contributed by atoms with Crippen LogP contribution in [0.15, 0.2) is 6.33 Å². The summed E-state index contributed by atoms with van der Waals surface area (Å²) in [5.41, 5.74) is 0. The Morgan fingerprint density at radius 3 is 2.79 bits per heavy atom. The Kier molecular flexibility index (Phi) is 3.34. The molecule has 1 aromatic rings. The zero-order valence-corrected chi connectivity index (χ0v) is 8.48. The van der Waals surface area contributed by atoms with E-state index in [1.54, 1.807) is 6.33 Å². The van der Waals surface area contributed by atoms with Gasteiger partial charge in [0.1, 0.15) is 12.2 Å². The van der Waals surface area contributed by atoms with Crippen LogP contribution in [0.4, 0.5) is 0 Å². The molecular weight excluding hydrogens is 206 g/mol. The Labute approximate surface area is 87.0 Å². The molecule has 1 saturated heterocycles. The van der Waals surface area contributed by atoms with E-state index in [4.69, 9.17) is 21.1 Å². The van der Waals surface area contributed by atoms with Crippen LogP contribution in [0, 0.1) is 0 Å². The van der Waals surface area contributed by atoms with Crippen molar-refractivity contribution in [1.82, 2.24) is 14.8 Å². The average molecular weight is 218 g/mol. The van der Waals surface area contributed by atoms with Crippen molar-refractivity contribution in [2.75, 3.05) is 26.4 Å². The first-order valence-electron chi connectivity index (χ1n) is 4.51. The zero-order chi connectivity index (χ0) is 9.80. The van der Waals surface area contributed by atoms with Crippen molar-refractivity contribution in [2.45, 2.75) is 11.9 Å². The molecule has 0 radical (unpaired) electrons. The van der Waals surface area contributed by atoms with Crippen LogP contribution in [0.3, 0.4) is 0 Å². The standard InChI is InChI=1S/C8H12ClN3O2/c9-3-8-11-10-6-12(8)7-4-13-1-2-14-5-7/h6-7H,1-5H2. The van der Waals surface area contributed by atoms with Gasteiger partial charge in [-0.05, 0) is 0 Å². The quantitative estimate of drug-likeness (QED) is 0.681. The molecule has 1 aliphatic heterocycles. The van der Waals surface area contributed by atoms with Crippen molar-refractivity contribution in [3.63, 3.8) is 0 Å². The predicted molar refractivity (Wildman–Crippen MR) is 50.3 cm³/mol. The van der Waals surface area contributed by atoms with Crippen molar-refractivity contribution in [1.29, 1.82) is 0 Å². The average Bonchev–Trinajstić information content (AvgIpc) is 2.52. The third kappa shape index (κ3) is 2.05. The van der Waals surface area contributed by atoms with E-state index in [-0.39, 0.29) is 6.04 Å². The second kappa shape index (κ2) is 4.72. The van der Waals surface area contributed by atoms with Crippen molar-refractivity contribution < 1.29 is 9.47 Å². The lowest BCUT2D eigenvalue weighted by Crippen LogP contribution is -2.19. The minimum absolute atomic E-state index is 0.140. The minimum Gasteiger partial charge on any atom is -0.377 e. The number of rotatable bonds is 2. The molecule has 0 amide bonds. The van der Waals surface area contributed by atoms with Gasteiger partial charge in [-0.1, -0.05) is 0 Å². The Morgan fingerprint density at radius 2 is 2.14 bits per heavy atom. The van der Waals surface area contributed by atoms with Crippen LogP contribution in [0.2, 0.25) is 0 Å². The molecule has 0 unspecified atom stereocenters. The van der Waals surface area contributed by atoms with E-state index in [0.717, 1.165) is 5.82 Å². The molecule has 0 atom stereocenters. The molecule has 0 bridgehead atoms. The first-order chi connectivity index (χ1) is 6.92. The highest BCUT2D eigenvalue weighted by Crippen LogP contribution is 2.13. The van der Waals surface area contributed by atoms with Crippen LogP contribution in [0.25, 0.3) is 0 Å². The summed E-state index contributed by atoms with van der Waals surface area (Å²) in [7, 11) is 0. The molecule has 0 spiro atoms. The third-order valence-electron chi connectivity index (χ3n) is 2.15. The first-order valence-corrected chi connectivity index (χ1v) is 5.05. The van der Waals surface area contributed by atoms with E-state index in [1.807, 2.05) is 4.57 Å².